The number of hydrogen-bond acceptors (Lipinski definition) is 5. The van der Waals surface area contributed by atoms with Crippen LogP contribution in [0.5, 0.6) is 0 Å². The Morgan fingerprint density at radius 1 is 1.32 bits per heavy atom. The van der Waals surface area contributed by atoms with Gasteiger partial charge in [-0.15, -0.1) is 28.3 Å². The second kappa shape index (κ2) is 7.38. The Morgan fingerprint density at radius 3 is 2.64 bits per heavy atom. The number of nitrogens with two attached hydrogens (primary N) is 1. The lowest BCUT2D eigenvalue weighted by atomic mass is 10.2. The zero-order valence-corrected chi connectivity index (χ0v) is 16.5. The molecule has 2 aromatic heterocycles. The maximum Gasteiger partial charge on any atom is 0.267 e. The van der Waals surface area contributed by atoms with Gasteiger partial charge < -0.3 is 11.1 Å². The molecular weight excluding hydrogens is 426 g/mol. The van der Waals surface area contributed by atoms with Gasteiger partial charge in [0.2, 0.25) is 0 Å². The average molecular weight is 442 g/mol. The van der Waals surface area contributed by atoms with Gasteiger partial charge in [-0.05, 0) is 25.1 Å². The highest BCUT2D eigenvalue weighted by Crippen LogP contribution is 2.28. The fraction of sp³-hybridized carbons (Fsp3) is 0.0667. The molecule has 0 aliphatic heterocycles. The van der Waals surface area contributed by atoms with Crippen LogP contribution in [0.3, 0.4) is 0 Å². The molecule has 0 unspecified atom stereocenters. The monoisotopic (exact) mass is 441 g/mol. The molecule has 0 aliphatic rings. The maximum absolute atomic E-state index is 12.7. The molecule has 132 valence electrons. The Balaban J connectivity index is 0.00000225. The molecule has 0 amide bonds. The lowest BCUT2D eigenvalue weighted by Gasteiger charge is -2.07. The first-order chi connectivity index (χ1) is 11.4. The lowest BCUT2D eigenvalue weighted by Crippen LogP contribution is -2.20. The van der Waals surface area contributed by atoms with Crippen LogP contribution in [0.1, 0.15) is 5.69 Å². The number of halogens is 1. The van der Waals surface area contributed by atoms with E-state index in [1.807, 2.05) is 0 Å². The van der Waals surface area contributed by atoms with Gasteiger partial charge in [-0.1, -0.05) is 18.2 Å². The summed E-state index contributed by atoms with van der Waals surface area (Å²) in [4.78, 5) is 4.54. The van der Waals surface area contributed by atoms with Crippen molar-refractivity contribution in [2.45, 2.75) is 11.8 Å². The molecule has 25 heavy (non-hydrogen) atoms. The molecular formula is C15H16BrN5O2S2. The van der Waals surface area contributed by atoms with Crippen LogP contribution in [-0.4, -0.2) is 23.3 Å². The summed E-state index contributed by atoms with van der Waals surface area (Å²) in [6.45, 7) is 1.73. The summed E-state index contributed by atoms with van der Waals surface area (Å²) in [5.41, 5.74) is 7.16. The van der Waals surface area contributed by atoms with Crippen molar-refractivity contribution >= 4 is 49.4 Å². The first kappa shape index (κ1) is 19.2. The summed E-state index contributed by atoms with van der Waals surface area (Å²) in [6, 6.07) is 10.0. The number of aromatic nitrogens is 2. The van der Waals surface area contributed by atoms with Crippen LogP contribution in [-0.2, 0) is 10.0 Å². The van der Waals surface area contributed by atoms with Gasteiger partial charge in [0.15, 0.2) is 11.1 Å². The molecule has 2 heterocycles. The van der Waals surface area contributed by atoms with Crippen LogP contribution in [0.4, 0.5) is 5.13 Å². The van der Waals surface area contributed by atoms with Crippen LogP contribution in [0.15, 0.2) is 52.9 Å². The van der Waals surface area contributed by atoms with Gasteiger partial charge in [-0.2, -0.15) is 0 Å². The highest BCUT2D eigenvalue weighted by atomic mass is 79.9. The second-order valence-electron chi connectivity index (χ2n) is 5.06. The summed E-state index contributed by atoms with van der Waals surface area (Å²) in [6.07, 6.45) is 1.55. The Labute approximate surface area is 159 Å². The minimum atomic E-state index is -3.65. The summed E-state index contributed by atoms with van der Waals surface area (Å²) in [5, 5.41) is 12.1. The van der Waals surface area contributed by atoms with Gasteiger partial charge >= 0.3 is 0 Å². The fourth-order valence-electron chi connectivity index (χ4n) is 2.24. The highest BCUT2D eigenvalue weighted by Gasteiger charge is 2.20. The summed E-state index contributed by atoms with van der Waals surface area (Å²) in [7, 11) is -3.65. The van der Waals surface area contributed by atoms with Gasteiger partial charge in [0.1, 0.15) is 0 Å². The van der Waals surface area contributed by atoms with E-state index in [9.17, 15) is 8.42 Å². The number of nitrogens with one attached hydrogen (secondary N) is 2. The van der Waals surface area contributed by atoms with Crippen molar-refractivity contribution in [2.24, 2.45) is 5.73 Å². The zero-order valence-electron chi connectivity index (χ0n) is 13.1. The quantitative estimate of drug-likeness (QED) is 0.425. The number of aryl methyl sites for hydroxylation is 1. The Hall–Kier alpha value is -2.17. The Bertz CT molecular complexity index is 996. The zero-order chi connectivity index (χ0) is 17.3. The van der Waals surface area contributed by atoms with E-state index in [-0.39, 0.29) is 27.8 Å². The molecule has 0 spiro atoms. The van der Waals surface area contributed by atoms with Gasteiger partial charge in [0.05, 0.1) is 10.6 Å². The van der Waals surface area contributed by atoms with Crippen LogP contribution in [0, 0.1) is 12.3 Å². The number of nitrogens with zero attached hydrogens (tertiary/aromatic N) is 2. The topological polar surface area (TPSA) is 114 Å². The summed E-state index contributed by atoms with van der Waals surface area (Å²) >= 11 is 1.29. The molecule has 0 atom stereocenters. The largest absolute Gasteiger partial charge is 0.370 e. The highest BCUT2D eigenvalue weighted by molar-refractivity contribution is 8.93. The minimum Gasteiger partial charge on any atom is -0.370 e. The SMILES string of the molecule is Br.Cc1cc(-c2csc(NC(=N)N)n2)cn1S(=O)(=O)c1ccccc1. The van der Waals surface area contributed by atoms with E-state index in [1.165, 1.54) is 15.3 Å². The van der Waals surface area contributed by atoms with Crippen molar-refractivity contribution in [2.75, 3.05) is 5.32 Å². The second-order valence-corrected chi connectivity index (χ2v) is 7.73. The third kappa shape index (κ3) is 3.91. The van der Waals surface area contributed by atoms with Gasteiger partial charge in [0, 0.05) is 22.8 Å². The Kier molecular flexibility index (Phi) is 5.65. The predicted molar refractivity (Wildman–Crippen MR) is 105 cm³/mol. The minimum absolute atomic E-state index is 0. The molecule has 0 fully saturated rings. The van der Waals surface area contributed by atoms with Crippen LogP contribution >= 0.6 is 28.3 Å². The first-order valence-electron chi connectivity index (χ1n) is 6.94. The third-order valence-electron chi connectivity index (χ3n) is 3.31. The number of hydrogen-bond donors (Lipinski definition) is 3. The molecule has 0 aliphatic carbocycles. The van der Waals surface area contributed by atoms with Crippen LogP contribution in [0.2, 0.25) is 0 Å². The first-order valence-corrected chi connectivity index (χ1v) is 9.26. The van der Waals surface area contributed by atoms with Gasteiger partial charge in [-0.25, -0.2) is 17.4 Å². The van der Waals surface area contributed by atoms with Gasteiger partial charge in [0.25, 0.3) is 10.0 Å². The average Bonchev–Trinajstić information content (AvgIpc) is 3.14. The van der Waals surface area contributed by atoms with E-state index in [4.69, 9.17) is 11.1 Å². The van der Waals surface area contributed by atoms with E-state index in [0.29, 0.717) is 22.1 Å². The molecule has 10 heteroatoms. The van der Waals surface area contributed by atoms with Crippen molar-refractivity contribution < 1.29 is 8.42 Å². The van der Waals surface area contributed by atoms with Crippen molar-refractivity contribution in [3.05, 3.63) is 53.7 Å². The predicted octanol–water partition coefficient (Wildman–Crippen LogP) is 3.04. The molecule has 0 saturated heterocycles. The van der Waals surface area contributed by atoms with Crippen molar-refractivity contribution in [3.8, 4) is 11.3 Å². The molecule has 3 rings (SSSR count). The molecule has 0 saturated carbocycles. The molecule has 0 bridgehead atoms. The lowest BCUT2D eigenvalue weighted by molar-refractivity contribution is 0.586. The molecule has 7 nitrogen and oxygen atoms in total. The van der Waals surface area contributed by atoms with Crippen molar-refractivity contribution in [1.82, 2.24) is 8.96 Å². The van der Waals surface area contributed by atoms with Crippen molar-refractivity contribution in [1.29, 1.82) is 5.41 Å². The van der Waals surface area contributed by atoms with E-state index in [0.717, 1.165) is 0 Å². The molecule has 0 radical (unpaired) electrons. The standard InChI is InChI=1S/C15H15N5O2S2.BrH/c1-10-7-11(13-9-23-15(18-13)19-14(16)17)8-20(10)24(21,22)12-5-3-2-4-6-12;/h2-9H,1H3,(H4,16,17,18,19);1H. The molecule has 3 aromatic rings. The molecule has 1 aromatic carbocycles. The third-order valence-corrected chi connectivity index (χ3v) is 5.85. The number of rotatable bonds is 4. The summed E-state index contributed by atoms with van der Waals surface area (Å²) in [5.74, 6) is -0.198. The Morgan fingerprint density at radius 2 is 2.00 bits per heavy atom. The van der Waals surface area contributed by atoms with E-state index >= 15 is 0 Å². The van der Waals surface area contributed by atoms with E-state index in [1.54, 1.807) is 54.9 Å². The van der Waals surface area contributed by atoms with E-state index < -0.39 is 10.0 Å². The van der Waals surface area contributed by atoms with Gasteiger partial charge in [-0.3, -0.25) is 5.41 Å². The smallest absolute Gasteiger partial charge is 0.267 e. The van der Waals surface area contributed by atoms with Crippen LogP contribution < -0.4 is 11.1 Å². The number of guanidine groups is 1. The van der Waals surface area contributed by atoms with E-state index in [2.05, 4.69) is 10.3 Å². The number of benzene rings is 1. The number of anilines is 1. The number of thiazole rings is 1. The van der Waals surface area contributed by atoms with Crippen LogP contribution in [0.25, 0.3) is 11.3 Å². The maximum atomic E-state index is 12.7. The summed E-state index contributed by atoms with van der Waals surface area (Å²) < 4.78 is 26.7. The fourth-order valence-corrected chi connectivity index (χ4v) is 4.38. The van der Waals surface area contributed by atoms with Crippen molar-refractivity contribution in [3.63, 3.8) is 0 Å². The molecule has 4 N–H and O–H groups in total. The normalized spacial score (nSPS) is 10.9.